The second kappa shape index (κ2) is 6.38. The van der Waals surface area contributed by atoms with Gasteiger partial charge in [0.05, 0.1) is 11.6 Å². The van der Waals surface area contributed by atoms with E-state index in [-0.39, 0.29) is 0 Å². The molecule has 0 spiro atoms. The summed E-state index contributed by atoms with van der Waals surface area (Å²) in [7, 11) is 0. The van der Waals surface area contributed by atoms with Crippen LogP contribution in [0.15, 0.2) is 18.2 Å². The molecule has 2 N–H and O–H groups in total. The Morgan fingerprint density at radius 1 is 1.47 bits per heavy atom. The zero-order valence-electron chi connectivity index (χ0n) is 11.3. The van der Waals surface area contributed by atoms with Crippen molar-refractivity contribution in [3.8, 4) is 6.07 Å². The van der Waals surface area contributed by atoms with E-state index in [4.69, 9.17) is 22.6 Å². The molecule has 19 heavy (non-hydrogen) atoms. The largest absolute Gasteiger partial charge is 0.329 e. The average molecular weight is 278 g/mol. The van der Waals surface area contributed by atoms with Crippen molar-refractivity contribution in [1.29, 1.82) is 5.26 Å². The molecule has 3 nitrogen and oxygen atoms in total. The average Bonchev–Trinajstić information content (AvgIpc) is 2.42. The molecule has 1 aromatic rings. The van der Waals surface area contributed by atoms with Crippen LogP contribution in [0.2, 0.25) is 5.02 Å². The molecule has 0 amide bonds. The molecule has 1 aliphatic heterocycles. The van der Waals surface area contributed by atoms with Crippen LogP contribution in [0.1, 0.15) is 37.3 Å². The highest BCUT2D eigenvalue weighted by molar-refractivity contribution is 6.31. The fourth-order valence-electron chi connectivity index (χ4n) is 2.82. The molecular formula is C15H20ClN3. The maximum Gasteiger partial charge on any atom is 0.0992 e. The molecule has 2 atom stereocenters. The molecule has 0 aliphatic carbocycles. The number of nitrogens with zero attached hydrogens (tertiary/aromatic N) is 2. The van der Waals surface area contributed by atoms with Crippen LogP contribution < -0.4 is 5.73 Å². The molecule has 1 heterocycles. The number of halogens is 1. The number of nitriles is 1. The lowest BCUT2D eigenvalue weighted by molar-refractivity contribution is 0.0892. The number of hydrogen-bond acceptors (Lipinski definition) is 3. The predicted molar refractivity (Wildman–Crippen MR) is 77.9 cm³/mol. The lowest BCUT2D eigenvalue weighted by Crippen LogP contribution is -2.48. The minimum atomic E-state index is 0.440. The van der Waals surface area contributed by atoms with Gasteiger partial charge in [-0.15, -0.1) is 0 Å². The van der Waals surface area contributed by atoms with Gasteiger partial charge in [-0.2, -0.15) is 5.26 Å². The summed E-state index contributed by atoms with van der Waals surface area (Å²) in [6, 6.07) is 8.61. The summed E-state index contributed by atoms with van der Waals surface area (Å²) in [6.07, 6.45) is 3.62. The molecule has 1 aliphatic rings. The van der Waals surface area contributed by atoms with Gasteiger partial charge in [0.2, 0.25) is 0 Å². The summed E-state index contributed by atoms with van der Waals surface area (Å²) in [5.41, 5.74) is 7.56. The third-order valence-corrected chi connectivity index (χ3v) is 4.35. The van der Waals surface area contributed by atoms with Gasteiger partial charge in [0.1, 0.15) is 0 Å². The van der Waals surface area contributed by atoms with Gasteiger partial charge in [0.25, 0.3) is 0 Å². The highest BCUT2D eigenvalue weighted by atomic mass is 35.5. The van der Waals surface area contributed by atoms with Gasteiger partial charge in [0.15, 0.2) is 0 Å². The molecule has 1 saturated heterocycles. The van der Waals surface area contributed by atoms with Crippen molar-refractivity contribution in [2.75, 3.05) is 6.54 Å². The molecule has 0 aromatic heterocycles. The molecule has 0 saturated carbocycles. The van der Waals surface area contributed by atoms with Crippen LogP contribution >= 0.6 is 11.6 Å². The first kappa shape index (κ1) is 14.3. The van der Waals surface area contributed by atoms with Gasteiger partial charge < -0.3 is 5.73 Å². The Bertz CT molecular complexity index is 481. The number of benzene rings is 1. The highest BCUT2D eigenvalue weighted by Gasteiger charge is 2.27. The number of hydrogen-bond donors (Lipinski definition) is 1. The molecule has 102 valence electrons. The number of rotatable bonds is 3. The zero-order chi connectivity index (χ0) is 13.8. The Kier molecular flexibility index (Phi) is 4.81. The van der Waals surface area contributed by atoms with E-state index in [1.54, 1.807) is 6.07 Å². The third-order valence-electron chi connectivity index (χ3n) is 4.00. The van der Waals surface area contributed by atoms with Crippen LogP contribution in [0.4, 0.5) is 0 Å². The SMILES string of the molecule is CC1CCCC(CN)N1Cc1ccc(C#N)cc1Cl. The summed E-state index contributed by atoms with van der Waals surface area (Å²) in [6.45, 7) is 3.76. The maximum atomic E-state index is 8.86. The summed E-state index contributed by atoms with van der Waals surface area (Å²) in [5.74, 6) is 0. The molecule has 2 rings (SSSR count). The topological polar surface area (TPSA) is 53.0 Å². The second-order valence-corrected chi connectivity index (χ2v) is 5.67. The van der Waals surface area contributed by atoms with Crippen LogP contribution in [0.5, 0.6) is 0 Å². The Morgan fingerprint density at radius 2 is 2.26 bits per heavy atom. The van der Waals surface area contributed by atoms with Gasteiger partial charge in [-0.1, -0.05) is 24.1 Å². The van der Waals surface area contributed by atoms with Gasteiger partial charge in [-0.3, -0.25) is 4.90 Å². The van der Waals surface area contributed by atoms with E-state index in [1.807, 2.05) is 12.1 Å². The minimum absolute atomic E-state index is 0.440. The zero-order valence-corrected chi connectivity index (χ0v) is 12.0. The van der Waals surface area contributed by atoms with E-state index >= 15 is 0 Å². The van der Waals surface area contributed by atoms with Gasteiger partial charge in [-0.25, -0.2) is 0 Å². The van der Waals surface area contributed by atoms with E-state index in [1.165, 1.54) is 12.8 Å². The quantitative estimate of drug-likeness (QED) is 0.924. The fourth-order valence-corrected chi connectivity index (χ4v) is 3.06. The van der Waals surface area contributed by atoms with E-state index in [2.05, 4.69) is 17.9 Å². The van der Waals surface area contributed by atoms with Crippen LogP contribution in [0.3, 0.4) is 0 Å². The Balaban J connectivity index is 2.17. The summed E-state index contributed by atoms with van der Waals surface area (Å²) >= 11 is 6.26. The van der Waals surface area contributed by atoms with E-state index in [9.17, 15) is 0 Å². The standard InChI is InChI=1S/C15H20ClN3/c1-11-3-2-4-14(9-18)19(11)10-13-6-5-12(8-17)7-15(13)16/h5-7,11,14H,2-4,9-10,18H2,1H3. The fraction of sp³-hybridized carbons (Fsp3) is 0.533. The first-order chi connectivity index (χ1) is 9.15. The predicted octanol–water partition coefficient (Wildman–Crippen LogP) is 2.91. The Labute approximate surface area is 120 Å². The van der Waals surface area contributed by atoms with Crippen molar-refractivity contribution >= 4 is 11.6 Å². The van der Waals surface area contributed by atoms with E-state index < -0.39 is 0 Å². The van der Waals surface area contributed by atoms with E-state index in [0.717, 1.165) is 18.5 Å². The lowest BCUT2D eigenvalue weighted by atomic mass is 9.95. The molecule has 0 bridgehead atoms. The maximum absolute atomic E-state index is 8.86. The van der Waals surface area contributed by atoms with Crippen molar-refractivity contribution in [2.45, 2.75) is 44.8 Å². The van der Waals surface area contributed by atoms with Gasteiger partial charge in [0, 0.05) is 30.2 Å². The lowest BCUT2D eigenvalue weighted by Gasteiger charge is -2.40. The van der Waals surface area contributed by atoms with Crippen molar-refractivity contribution in [2.24, 2.45) is 5.73 Å². The van der Waals surface area contributed by atoms with E-state index in [0.29, 0.717) is 29.2 Å². The van der Waals surface area contributed by atoms with Crippen LogP contribution in [0.25, 0.3) is 0 Å². The molecule has 1 aromatic carbocycles. The Hall–Kier alpha value is -1.08. The summed E-state index contributed by atoms with van der Waals surface area (Å²) < 4.78 is 0. The molecule has 0 radical (unpaired) electrons. The monoisotopic (exact) mass is 277 g/mol. The molecule has 2 unspecified atom stereocenters. The number of nitrogens with two attached hydrogens (primary N) is 1. The van der Waals surface area contributed by atoms with Crippen LogP contribution in [-0.4, -0.2) is 23.5 Å². The molecular weight excluding hydrogens is 258 g/mol. The molecule has 4 heteroatoms. The van der Waals surface area contributed by atoms with Crippen LogP contribution in [-0.2, 0) is 6.54 Å². The highest BCUT2D eigenvalue weighted by Crippen LogP contribution is 2.27. The normalized spacial score (nSPS) is 24.1. The van der Waals surface area contributed by atoms with Crippen molar-refractivity contribution < 1.29 is 0 Å². The number of likely N-dealkylation sites (tertiary alicyclic amines) is 1. The first-order valence-corrected chi connectivity index (χ1v) is 7.18. The molecule has 1 fully saturated rings. The van der Waals surface area contributed by atoms with Crippen molar-refractivity contribution in [3.05, 3.63) is 34.3 Å². The van der Waals surface area contributed by atoms with Crippen LogP contribution in [0, 0.1) is 11.3 Å². The minimum Gasteiger partial charge on any atom is -0.329 e. The van der Waals surface area contributed by atoms with Gasteiger partial charge in [-0.05, 0) is 37.5 Å². The first-order valence-electron chi connectivity index (χ1n) is 6.80. The van der Waals surface area contributed by atoms with Gasteiger partial charge >= 0.3 is 0 Å². The summed E-state index contributed by atoms with van der Waals surface area (Å²) in [5, 5.41) is 9.53. The Morgan fingerprint density at radius 3 is 2.89 bits per heavy atom. The summed E-state index contributed by atoms with van der Waals surface area (Å²) in [4.78, 5) is 2.44. The number of piperidine rings is 1. The smallest absolute Gasteiger partial charge is 0.0992 e. The van der Waals surface area contributed by atoms with Crippen molar-refractivity contribution in [1.82, 2.24) is 4.90 Å². The second-order valence-electron chi connectivity index (χ2n) is 5.26. The van der Waals surface area contributed by atoms with Crippen molar-refractivity contribution in [3.63, 3.8) is 0 Å². The third kappa shape index (κ3) is 3.27.